The minimum atomic E-state index is -1.60. The smallest absolute Gasteiger partial charge is 0.338 e. The molecule has 0 amide bonds. The van der Waals surface area contributed by atoms with E-state index in [0.29, 0.717) is 11.1 Å². The third kappa shape index (κ3) is 3.43. The van der Waals surface area contributed by atoms with Crippen molar-refractivity contribution in [1.82, 2.24) is 0 Å². The van der Waals surface area contributed by atoms with Crippen molar-refractivity contribution in [2.75, 3.05) is 6.61 Å². The van der Waals surface area contributed by atoms with E-state index >= 15 is 0 Å². The van der Waals surface area contributed by atoms with E-state index in [0.717, 1.165) is 0 Å². The zero-order valence-corrected chi connectivity index (χ0v) is 10.2. The standard InChI is InChI=1S/C12H15ClO4/c1-2-17-12(16)11(15)10(14)9-6-4-3-5-8(9)7-13/h3-6,10-11,14-15H,2,7H2,1H3. The predicted octanol–water partition coefficient (Wildman–Crippen LogP) is 1.38. The first-order chi connectivity index (χ1) is 8.11. The van der Waals surface area contributed by atoms with Gasteiger partial charge in [-0.2, -0.15) is 0 Å². The van der Waals surface area contributed by atoms with Crippen molar-refractivity contribution in [2.45, 2.75) is 25.0 Å². The van der Waals surface area contributed by atoms with Crippen molar-refractivity contribution in [3.8, 4) is 0 Å². The number of benzene rings is 1. The molecule has 0 radical (unpaired) electrons. The Bertz CT molecular complexity index is 381. The van der Waals surface area contributed by atoms with Gasteiger partial charge in [0.15, 0.2) is 6.10 Å². The highest BCUT2D eigenvalue weighted by Crippen LogP contribution is 2.23. The van der Waals surface area contributed by atoms with E-state index in [2.05, 4.69) is 4.74 Å². The first-order valence-electron chi connectivity index (χ1n) is 5.28. The van der Waals surface area contributed by atoms with Gasteiger partial charge in [0, 0.05) is 5.88 Å². The number of hydrogen-bond donors (Lipinski definition) is 2. The lowest BCUT2D eigenvalue weighted by Gasteiger charge is -2.18. The number of carbonyl (C=O) groups is 1. The molecule has 2 N–H and O–H groups in total. The van der Waals surface area contributed by atoms with Gasteiger partial charge in [0.1, 0.15) is 6.10 Å². The summed E-state index contributed by atoms with van der Waals surface area (Å²) in [4.78, 5) is 11.3. The van der Waals surface area contributed by atoms with Crippen LogP contribution in [0.15, 0.2) is 24.3 Å². The van der Waals surface area contributed by atoms with Gasteiger partial charge in [-0.15, -0.1) is 11.6 Å². The molecule has 17 heavy (non-hydrogen) atoms. The van der Waals surface area contributed by atoms with Crippen molar-refractivity contribution in [3.63, 3.8) is 0 Å². The average molecular weight is 259 g/mol. The second-order valence-electron chi connectivity index (χ2n) is 3.47. The van der Waals surface area contributed by atoms with Crippen molar-refractivity contribution < 1.29 is 19.7 Å². The molecule has 0 saturated heterocycles. The zero-order valence-electron chi connectivity index (χ0n) is 9.47. The second kappa shape index (κ2) is 6.59. The molecule has 1 rings (SSSR count). The van der Waals surface area contributed by atoms with Crippen LogP contribution in [-0.4, -0.2) is 28.9 Å². The lowest BCUT2D eigenvalue weighted by atomic mass is 9.99. The molecule has 2 unspecified atom stereocenters. The van der Waals surface area contributed by atoms with Crippen LogP contribution in [0.5, 0.6) is 0 Å². The molecule has 1 aromatic rings. The summed E-state index contributed by atoms with van der Waals surface area (Å²) in [5.74, 6) is -0.646. The Morgan fingerprint density at radius 2 is 2.06 bits per heavy atom. The molecule has 94 valence electrons. The molecule has 0 aromatic heterocycles. The van der Waals surface area contributed by atoms with E-state index in [-0.39, 0.29) is 12.5 Å². The number of hydrogen-bond acceptors (Lipinski definition) is 4. The Labute approximate surface area is 105 Å². The maximum atomic E-state index is 11.3. The zero-order chi connectivity index (χ0) is 12.8. The Balaban J connectivity index is 2.88. The predicted molar refractivity (Wildman–Crippen MR) is 63.6 cm³/mol. The maximum absolute atomic E-state index is 11.3. The molecule has 4 nitrogen and oxygen atoms in total. The van der Waals surface area contributed by atoms with Gasteiger partial charge in [-0.1, -0.05) is 24.3 Å². The van der Waals surface area contributed by atoms with E-state index in [4.69, 9.17) is 11.6 Å². The van der Waals surface area contributed by atoms with Crippen molar-refractivity contribution in [1.29, 1.82) is 0 Å². The minimum Gasteiger partial charge on any atom is -0.464 e. The third-order valence-electron chi connectivity index (χ3n) is 2.34. The number of rotatable bonds is 5. The fourth-order valence-corrected chi connectivity index (χ4v) is 1.71. The number of carbonyl (C=O) groups excluding carboxylic acids is 1. The normalized spacial score (nSPS) is 14.1. The van der Waals surface area contributed by atoms with E-state index in [1.54, 1.807) is 31.2 Å². The highest BCUT2D eigenvalue weighted by molar-refractivity contribution is 6.17. The van der Waals surface area contributed by atoms with Crippen LogP contribution in [0.4, 0.5) is 0 Å². The summed E-state index contributed by atoms with van der Waals surface area (Å²) in [6.45, 7) is 1.78. The average Bonchev–Trinajstić information content (AvgIpc) is 2.37. The number of aliphatic hydroxyl groups excluding tert-OH is 2. The molecular formula is C12H15ClO4. The summed E-state index contributed by atoms with van der Waals surface area (Å²) in [5, 5.41) is 19.5. The van der Waals surface area contributed by atoms with Gasteiger partial charge >= 0.3 is 5.97 Å². The Kier molecular flexibility index (Phi) is 5.41. The first-order valence-corrected chi connectivity index (χ1v) is 5.81. The highest BCUT2D eigenvalue weighted by Gasteiger charge is 2.28. The summed E-state index contributed by atoms with van der Waals surface area (Å²) < 4.78 is 4.64. The van der Waals surface area contributed by atoms with E-state index in [9.17, 15) is 15.0 Å². The quantitative estimate of drug-likeness (QED) is 0.619. The van der Waals surface area contributed by atoms with Gasteiger partial charge in [0.25, 0.3) is 0 Å². The molecule has 5 heteroatoms. The van der Waals surface area contributed by atoms with Crippen LogP contribution in [0.25, 0.3) is 0 Å². The van der Waals surface area contributed by atoms with Gasteiger partial charge < -0.3 is 14.9 Å². The highest BCUT2D eigenvalue weighted by atomic mass is 35.5. The number of esters is 1. The Morgan fingerprint density at radius 1 is 1.41 bits per heavy atom. The lowest BCUT2D eigenvalue weighted by molar-refractivity contribution is -0.159. The lowest BCUT2D eigenvalue weighted by Crippen LogP contribution is -2.30. The number of aliphatic hydroxyl groups is 2. The molecule has 0 bridgehead atoms. The van der Waals surface area contributed by atoms with Crippen LogP contribution in [-0.2, 0) is 15.4 Å². The van der Waals surface area contributed by atoms with Crippen LogP contribution in [0.2, 0.25) is 0 Å². The molecule has 0 aliphatic heterocycles. The third-order valence-corrected chi connectivity index (χ3v) is 2.63. The van der Waals surface area contributed by atoms with E-state index in [1.807, 2.05) is 0 Å². The topological polar surface area (TPSA) is 66.8 Å². The van der Waals surface area contributed by atoms with Crippen LogP contribution in [0.1, 0.15) is 24.2 Å². The molecule has 0 heterocycles. The first kappa shape index (κ1) is 14.0. The van der Waals surface area contributed by atoms with Crippen LogP contribution in [0, 0.1) is 0 Å². The summed E-state index contributed by atoms with van der Waals surface area (Å²) in [7, 11) is 0. The van der Waals surface area contributed by atoms with Gasteiger partial charge in [-0.25, -0.2) is 4.79 Å². The molecular weight excluding hydrogens is 244 g/mol. The number of halogens is 1. The summed E-state index contributed by atoms with van der Waals surface area (Å²) in [6.07, 6.45) is -2.93. The van der Waals surface area contributed by atoms with Crippen molar-refractivity contribution in [2.24, 2.45) is 0 Å². The van der Waals surface area contributed by atoms with Crippen molar-refractivity contribution >= 4 is 17.6 Å². The van der Waals surface area contributed by atoms with Crippen LogP contribution < -0.4 is 0 Å². The minimum absolute atomic E-state index is 0.153. The van der Waals surface area contributed by atoms with Crippen molar-refractivity contribution in [3.05, 3.63) is 35.4 Å². The SMILES string of the molecule is CCOC(=O)C(O)C(O)c1ccccc1CCl. The van der Waals surface area contributed by atoms with E-state index < -0.39 is 18.2 Å². The van der Waals surface area contributed by atoms with E-state index in [1.165, 1.54) is 0 Å². The fraction of sp³-hybridized carbons (Fsp3) is 0.417. The Hall–Kier alpha value is -1.10. The molecule has 0 spiro atoms. The number of ether oxygens (including phenoxy) is 1. The Morgan fingerprint density at radius 3 is 2.65 bits per heavy atom. The number of alkyl halides is 1. The summed E-state index contributed by atoms with van der Waals surface area (Å²) in [6, 6.07) is 6.81. The largest absolute Gasteiger partial charge is 0.464 e. The van der Waals surface area contributed by atoms with Crippen LogP contribution in [0.3, 0.4) is 0 Å². The fourth-order valence-electron chi connectivity index (χ4n) is 1.47. The molecule has 0 aliphatic carbocycles. The summed E-state index contributed by atoms with van der Waals surface area (Å²) >= 11 is 5.71. The monoisotopic (exact) mass is 258 g/mol. The summed E-state index contributed by atoms with van der Waals surface area (Å²) in [5.41, 5.74) is 1.10. The molecule has 0 aliphatic rings. The second-order valence-corrected chi connectivity index (χ2v) is 3.74. The molecule has 0 fully saturated rings. The van der Waals surface area contributed by atoms with Gasteiger partial charge in [0.05, 0.1) is 6.61 Å². The molecule has 1 aromatic carbocycles. The molecule has 2 atom stereocenters. The van der Waals surface area contributed by atoms with Gasteiger partial charge in [-0.05, 0) is 18.1 Å². The van der Waals surface area contributed by atoms with Gasteiger partial charge in [0.2, 0.25) is 0 Å². The van der Waals surface area contributed by atoms with Gasteiger partial charge in [-0.3, -0.25) is 0 Å². The molecule has 0 saturated carbocycles. The van der Waals surface area contributed by atoms with Crippen LogP contribution >= 0.6 is 11.6 Å². The maximum Gasteiger partial charge on any atom is 0.338 e.